The summed E-state index contributed by atoms with van der Waals surface area (Å²) in [5.74, 6) is 0.701. The van der Waals surface area contributed by atoms with Crippen molar-refractivity contribution in [3.05, 3.63) is 38.8 Å². The van der Waals surface area contributed by atoms with E-state index in [0.29, 0.717) is 5.92 Å². The molecule has 3 aliphatic heterocycles. The molecule has 152 valence electrons. The van der Waals surface area contributed by atoms with Crippen LogP contribution in [0.25, 0.3) is 0 Å². The van der Waals surface area contributed by atoms with E-state index in [4.69, 9.17) is 21.1 Å². The Hall–Kier alpha value is -0.920. The van der Waals surface area contributed by atoms with Crippen LogP contribution in [0, 0.1) is 5.92 Å². The Kier molecular flexibility index (Phi) is 5.50. The third-order valence-corrected chi connectivity index (χ3v) is 7.98. The van der Waals surface area contributed by atoms with E-state index in [1.165, 1.54) is 16.0 Å². The molecule has 28 heavy (non-hydrogen) atoms. The van der Waals surface area contributed by atoms with Gasteiger partial charge in [-0.2, -0.15) is 5.10 Å². The third-order valence-electron chi connectivity index (χ3n) is 6.49. The van der Waals surface area contributed by atoms with Crippen LogP contribution in [0.4, 0.5) is 0 Å². The highest BCUT2D eigenvalue weighted by atomic mass is 35.5. The second-order valence-electron chi connectivity index (χ2n) is 8.40. The average Bonchev–Trinajstić information content (AvgIpc) is 3.31. The quantitative estimate of drug-likeness (QED) is 0.745. The van der Waals surface area contributed by atoms with Crippen LogP contribution in [-0.2, 0) is 34.6 Å². The van der Waals surface area contributed by atoms with Crippen molar-refractivity contribution in [2.45, 2.75) is 50.8 Å². The van der Waals surface area contributed by atoms with Crippen LogP contribution in [0.3, 0.4) is 0 Å². The average molecular weight is 422 g/mol. The third kappa shape index (κ3) is 3.90. The molecule has 0 aliphatic carbocycles. The molecule has 0 radical (unpaired) electrons. The lowest BCUT2D eigenvalue weighted by atomic mass is 9.85. The Morgan fingerprint density at radius 3 is 2.86 bits per heavy atom. The lowest BCUT2D eigenvalue weighted by Crippen LogP contribution is -2.45. The predicted octanol–water partition coefficient (Wildman–Crippen LogP) is 4.09. The van der Waals surface area contributed by atoms with Gasteiger partial charge in [0.2, 0.25) is 0 Å². The lowest BCUT2D eigenvalue weighted by molar-refractivity contribution is -0.0960. The molecule has 3 aliphatic rings. The van der Waals surface area contributed by atoms with Crippen LogP contribution >= 0.6 is 22.9 Å². The summed E-state index contributed by atoms with van der Waals surface area (Å²) in [6.07, 6.45) is 9.67. The second kappa shape index (κ2) is 8.07. The first-order chi connectivity index (χ1) is 13.7. The molecule has 0 N–H and O–H groups in total. The highest BCUT2D eigenvalue weighted by Crippen LogP contribution is 2.46. The Morgan fingerprint density at radius 2 is 2.04 bits per heavy atom. The van der Waals surface area contributed by atoms with E-state index in [1.807, 2.05) is 6.20 Å². The first kappa shape index (κ1) is 19.1. The molecule has 0 aromatic carbocycles. The molecular formula is C21H28ClN3O2S. The smallest absolute Gasteiger partial charge is 0.105 e. The molecule has 1 spiro atoms. The van der Waals surface area contributed by atoms with Crippen molar-refractivity contribution in [2.24, 2.45) is 5.92 Å². The first-order valence-electron chi connectivity index (χ1n) is 10.4. The minimum absolute atomic E-state index is 0.102. The fourth-order valence-electron chi connectivity index (χ4n) is 4.87. The van der Waals surface area contributed by atoms with Gasteiger partial charge in [-0.25, -0.2) is 0 Å². The van der Waals surface area contributed by atoms with E-state index in [1.54, 1.807) is 11.3 Å². The van der Waals surface area contributed by atoms with Gasteiger partial charge in [0.15, 0.2) is 0 Å². The molecule has 5 heterocycles. The van der Waals surface area contributed by atoms with Crippen molar-refractivity contribution >= 4 is 22.9 Å². The normalized spacial score (nSPS) is 23.2. The molecule has 2 aromatic rings. The molecule has 0 saturated carbocycles. The van der Waals surface area contributed by atoms with Crippen LogP contribution in [-0.4, -0.2) is 47.6 Å². The Labute approximate surface area is 175 Å². The van der Waals surface area contributed by atoms with Crippen LogP contribution in [0.5, 0.6) is 0 Å². The molecule has 5 rings (SSSR count). The van der Waals surface area contributed by atoms with Crippen LogP contribution in [0.15, 0.2) is 18.5 Å². The first-order valence-corrected chi connectivity index (χ1v) is 11.6. The number of fused-ring (bicyclic) bond motifs is 2. The maximum Gasteiger partial charge on any atom is 0.105 e. The van der Waals surface area contributed by atoms with Gasteiger partial charge < -0.3 is 9.47 Å². The number of thiophene rings is 1. The number of hydrogen-bond donors (Lipinski definition) is 0. The second-order valence-corrected chi connectivity index (χ2v) is 10.1. The summed E-state index contributed by atoms with van der Waals surface area (Å²) in [5, 5.41) is 4.60. The number of hydrogen-bond acceptors (Lipinski definition) is 5. The van der Waals surface area contributed by atoms with E-state index >= 15 is 0 Å². The molecule has 0 bridgehead atoms. The highest BCUT2D eigenvalue weighted by Gasteiger charge is 2.42. The zero-order valence-electron chi connectivity index (χ0n) is 16.2. The van der Waals surface area contributed by atoms with Gasteiger partial charge in [-0.15, -0.1) is 11.3 Å². The van der Waals surface area contributed by atoms with Gasteiger partial charge >= 0.3 is 0 Å². The van der Waals surface area contributed by atoms with Gasteiger partial charge in [0.1, 0.15) is 5.60 Å². The van der Waals surface area contributed by atoms with E-state index in [2.05, 4.69) is 26.9 Å². The van der Waals surface area contributed by atoms with Gasteiger partial charge in [-0.1, -0.05) is 11.6 Å². The maximum absolute atomic E-state index is 6.33. The van der Waals surface area contributed by atoms with Crippen molar-refractivity contribution in [2.75, 3.05) is 32.9 Å². The van der Waals surface area contributed by atoms with Crippen LogP contribution < -0.4 is 0 Å². The zero-order chi connectivity index (χ0) is 19.0. The molecule has 0 amide bonds. The number of halogens is 1. The highest BCUT2D eigenvalue weighted by molar-refractivity contribution is 7.16. The van der Waals surface area contributed by atoms with E-state index in [-0.39, 0.29) is 5.60 Å². The van der Waals surface area contributed by atoms with Gasteiger partial charge in [0, 0.05) is 56.0 Å². The molecular weight excluding hydrogens is 394 g/mol. The van der Waals surface area contributed by atoms with E-state index in [0.717, 1.165) is 82.4 Å². The molecule has 2 fully saturated rings. The molecule has 2 saturated heterocycles. The van der Waals surface area contributed by atoms with Crippen molar-refractivity contribution in [3.8, 4) is 0 Å². The number of ether oxygens (including phenoxy) is 2. The van der Waals surface area contributed by atoms with Crippen molar-refractivity contribution in [1.29, 1.82) is 0 Å². The summed E-state index contributed by atoms with van der Waals surface area (Å²) in [6.45, 7) is 6.71. The van der Waals surface area contributed by atoms with Gasteiger partial charge in [-0.05, 0) is 49.7 Å². The topological polar surface area (TPSA) is 39.5 Å². The number of nitrogens with zero attached hydrogens (tertiary/aromatic N) is 3. The van der Waals surface area contributed by atoms with Gasteiger partial charge in [0.25, 0.3) is 0 Å². The molecule has 0 unspecified atom stereocenters. The van der Waals surface area contributed by atoms with E-state index < -0.39 is 0 Å². The summed E-state index contributed by atoms with van der Waals surface area (Å²) in [7, 11) is 0. The fraction of sp³-hybridized carbons (Fsp3) is 0.667. The van der Waals surface area contributed by atoms with Crippen LogP contribution in [0.1, 0.15) is 41.7 Å². The van der Waals surface area contributed by atoms with Gasteiger partial charge in [0.05, 0.1) is 17.1 Å². The summed E-state index contributed by atoms with van der Waals surface area (Å²) >= 11 is 8.02. The fourth-order valence-corrected chi connectivity index (χ4v) is 6.37. The zero-order valence-corrected chi connectivity index (χ0v) is 17.8. The standard InChI is InChI=1S/C21H28ClN3O2S/c22-19-11-18-3-10-27-21(20(18)28-19)4-6-24(7-5-21)13-17-12-23-25(15-17)14-16-1-8-26-9-2-16/h11-12,15-16H,1-10,13-14H2. The summed E-state index contributed by atoms with van der Waals surface area (Å²) in [5.41, 5.74) is 2.62. The minimum atomic E-state index is -0.102. The SMILES string of the molecule is Clc1cc2c(s1)C1(CCN(Cc3cnn(CC4CCOCC4)c3)CC1)OCC2. The predicted molar refractivity (Wildman–Crippen MR) is 111 cm³/mol. The van der Waals surface area contributed by atoms with Crippen molar-refractivity contribution in [3.63, 3.8) is 0 Å². The van der Waals surface area contributed by atoms with Gasteiger partial charge in [-0.3, -0.25) is 9.58 Å². The Balaban J connectivity index is 1.18. The largest absolute Gasteiger partial charge is 0.381 e. The van der Waals surface area contributed by atoms with Crippen LogP contribution in [0.2, 0.25) is 4.34 Å². The summed E-state index contributed by atoms with van der Waals surface area (Å²) < 4.78 is 14.8. The minimum Gasteiger partial charge on any atom is -0.381 e. The number of aromatic nitrogens is 2. The molecule has 5 nitrogen and oxygen atoms in total. The molecule has 0 atom stereocenters. The molecule has 2 aromatic heterocycles. The van der Waals surface area contributed by atoms with Crippen molar-refractivity contribution in [1.82, 2.24) is 14.7 Å². The number of piperidine rings is 1. The van der Waals surface area contributed by atoms with E-state index in [9.17, 15) is 0 Å². The lowest BCUT2D eigenvalue weighted by Gasteiger charge is -2.43. The summed E-state index contributed by atoms with van der Waals surface area (Å²) in [6, 6.07) is 2.14. The van der Waals surface area contributed by atoms with Crippen molar-refractivity contribution < 1.29 is 9.47 Å². The number of rotatable bonds is 4. The number of likely N-dealkylation sites (tertiary alicyclic amines) is 1. The monoisotopic (exact) mass is 421 g/mol. The molecule has 7 heteroatoms. The Bertz CT molecular complexity index is 806. The maximum atomic E-state index is 6.33. The summed E-state index contributed by atoms with van der Waals surface area (Å²) in [4.78, 5) is 3.92. The Morgan fingerprint density at radius 1 is 1.21 bits per heavy atom.